The number of ether oxygens (including phenoxy) is 1. The fraction of sp³-hybridized carbons (Fsp3) is 0.250. The van der Waals surface area contributed by atoms with Crippen molar-refractivity contribution >= 4 is 31.6 Å². The minimum Gasteiger partial charge on any atom is -0.434 e. The zero-order valence-electron chi connectivity index (χ0n) is 8.30. The molecular weight excluding hydrogens is 268 g/mol. The summed E-state index contributed by atoms with van der Waals surface area (Å²) in [6, 6.07) is 4.60. The molecule has 0 aromatic heterocycles. The van der Waals surface area contributed by atoms with Crippen molar-refractivity contribution in [2.45, 2.75) is 12.0 Å². The first-order chi connectivity index (χ1) is 6.80. The maximum absolute atomic E-state index is 12.1. The zero-order chi connectivity index (χ0) is 11.6. The molecule has 15 heavy (non-hydrogen) atoms. The van der Waals surface area contributed by atoms with Crippen LogP contribution in [0.2, 0.25) is 0 Å². The van der Waals surface area contributed by atoms with Crippen LogP contribution in [0.15, 0.2) is 22.7 Å². The van der Waals surface area contributed by atoms with Crippen molar-refractivity contribution in [3.8, 4) is 5.75 Å². The molecule has 0 aliphatic heterocycles. The largest absolute Gasteiger partial charge is 0.434 e. The second kappa shape index (κ2) is 4.53. The van der Waals surface area contributed by atoms with Gasteiger partial charge in [0.2, 0.25) is 0 Å². The smallest absolute Gasteiger partial charge is 0.387 e. The third-order valence-electron chi connectivity index (χ3n) is 1.82. The van der Waals surface area contributed by atoms with Crippen LogP contribution < -0.4 is 4.74 Å². The van der Waals surface area contributed by atoms with Crippen molar-refractivity contribution in [1.29, 1.82) is 0 Å². The number of hydrogen-bond acceptors (Lipinski definition) is 2. The first-order valence-corrected chi connectivity index (χ1v) is 5.07. The predicted molar refractivity (Wildman–Crippen MR) is 61.8 cm³/mol. The molecule has 0 amide bonds. The summed E-state index contributed by atoms with van der Waals surface area (Å²) in [5, 5.41) is 8.52. The van der Waals surface area contributed by atoms with Gasteiger partial charge < -0.3 is 9.84 Å². The van der Waals surface area contributed by atoms with E-state index >= 15 is 0 Å². The van der Waals surface area contributed by atoms with Crippen LogP contribution in [-0.4, -0.2) is 27.4 Å². The molecule has 0 heterocycles. The molecule has 0 spiro atoms. The Balaban J connectivity index is 3.15. The van der Waals surface area contributed by atoms with E-state index in [4.69, 9.17) is 0 Å². The molecule has 0 fully saturated rings. The molecule has 80 valence electrons. The Morgan fingerprint density at radius 1 is 1.40 bits per heavy atom. The Kier molecular flexibility index (Phi) is 3.78. The van der Waals surface area contributed by atoms with Crippen molar-refractivity contribution < 1.29 is 18.6 Å². The summed E-state index contributed by atoms with van der Waals surface area (Å²) in [7, 11) is 3.02. The molecule has 1 rings (SSSR count). The molecular formula is C8H9B2BrF2O2. The molecule has 0 saturated carbocycles. The highest BCUT2D eigenvalue weighted by Gasteiger charge is 2.22. The van der Waals surface area contributed by atoms with Crippen LogP contribution >= 0.6 is 15.9 Å². The number of alkyl halides is 2. The van der Waals surface area contributed by atoms with Gasteiger partial charge in [0.1, 0.15) is 21.4 Å². The van der Waals surface area contributed by atoms with Gasteiger partial charge >= 0.3 is 6.61 Å². The lowest BCUT2D eigenvalue weighted by Gasteiger charge is -2.21. The molecule has 7 heteroatoms. The molecule has 2 nitrogen and oxygen atoms in total. The van der Waals surface area contributed by atoms with Gasteiger partial charge in [0.25, 0.3) is 0 Å². The molecule has 1 N–H and O–H groups in total. The lowest BCUT2D eigenvalue weighted by Crippen LogP contribution is -2.27. The Morgan fingerprint density at radius 2 is 2.00 bits per heavy atom. The Morgan fingerprint density at radius 3 is 2.47 bits per heavy atom. The summed E-state index contributed by atoms with van der Waals surface area (Å²) in [6.45, 7) is -2.90. The average Bonchev–Trinajstić information content (AvgIpc) is 1.99. The van der Waals surface area contributed by atoms with E-state index in [1.54, 1.807) is 12.1 Å². The molecule has 1 aromatic carbocycles. The van der Waals surface area contributed by atoms with Gasteiger partial charge in [-0.25, -0.2) is 0 Å². The van der Waals surface area contributed by atoms with E-state index in [1.807, 2.05) is 0 Å². The molecule has 0 radical (unpaired) electrons. The van der Waals surface area contributed by atoms with Crippen molar-refractivity contribution in [2.75, 3.05) is 0 Å². The summed E-state index contributed by atoms with van der Waals surface area (Å²) >= 11 is 3.15. The standard InChI is InChI=1S/C8H9B2BrF2O2/c9-8(10,14)5-2-1-4(11)3-6(5)15-7(12)13/h1-3,7,14H,9-10H2. The Hall–Kier alpha value is -0.550. The highest BCUT2D eigenvalue weighted by atomic mass is 79.9. The first-order valence-electron chi connectivity index (χ1n) is 4.28. The Labute approximate surface area is 96.6 Å². The lowest BCUT2D eigenvalue weighted by molar-refractivity contribution is -0.0513. The molecule has 1 aromatic rings. The van der Waals surface area contributed by atoms with Gasteiger partial charge in [0.15, 0.2) is 0 Å². The van der Waals surface area contributed by atoms with Gasteiger partial charge in [-0.2, -0.15) is 8.78 Å². The molecule has 0 unspecified atom stereocenters. The van der Waals surface area contributed by atoms with E-state index in [9.17, 15) is 13.9 Å². The molecule has 0 aliphatic carbocycles. The number of aliphatic hydroxyl groups is 1. The van der Waals surface area contributed by atoms with Crippen LogP contribution in [0.1, 0.15) is 5.56 Å². The molecule has 0 atom stereocenters. The fourth-order valence-electron chi connectivity index (χ4n) is 1.20. The van der Waals surface area contributed by atoms with Crippen LogP contribution in [0.25, 0.3) is 0 Å². The lowest BCUT2D eigenvalue weighted by atomic mass is 9.61. The van der Waals surface area contributed by atoms with Crippen LogP contribution in [0.4, 0.5) is 8.78 Å². The number of benzene rings is 1. The summed E-state index contributed by atoms with van der Waals surface area (Å²) in [4.78, 5) is 0. The van der Waals surface area contributed by atoms with Crippen LogP contribution in [0.3, 0.4) is 0 Å². The van der Waals surface area contributed by atoms with Crippen LogP contribution in [0, 0.1) is 0 Å². The van der Waals surface area contributed by atoms with Crippen molar-refractivity contribution in [1.82, 2.24) is 0 Å². The number of rotatable bonds is 3. The minimum absolute atomic E-state index is 0.0214. The number of halogens is 3. The maximum Gasteiger partial charge on any atom is 0.387 e. The van der Waals surface area contributed by atoms with Gasteiger partial charge in [0.05, 0.1) is 0 Å². The monoisotopic (exact) mass is 276 g/mol. The van der Waals surface area contributed by atoms with E-state index in [0.29, 0.717) is 10.0 Å². The van der Waals surface area contributed by atoms with Crippen molar-refractivity contribution in [3.05, 3.63) is 28.2 Å². The second-order valence-electron chi connectivity index (χ2n) is 3.58. The van der Waals surface area contributed by atoms with E-state index in [-0.39, 0.29) is 5.75 Å². The van der Waals surface area contributed by atoms with Gasteiger partial charge in [-0.15, -0.1) is 0 Å². The Bertz CT molecular complexity index is 355. The summed E-state index contributed by atoms with van der Waals surface area (Å²) in [5.74, 6) is -0.0214. The molecule has 0 aliphatic rings. The predicted octanol–water partition coefficient (Wildman–Crippen LogP) is 0.419. The van der Waals surface area contributed by atoms with E-state index < -0.39 is 12.0 Å². The van der Waals surface area contributed by atoms with Gasteiger partial charge in [-0.1, -0.05) is 22.0 Å². The minimum atomic E-state index is -2.90. The summed E-state index contributed by atoms with van der Waals surface area (Å²) in [6.07, 6.45) is 0. The summed E-state index contributed by atoms with van der Waals surface area (Å²) in [5.41, 5.74) is 0.325. The van der Waals surface area contributed by atoms with Gasteiger partial charge in [-0.05, 0) is 12.1 Å². The normalized spacial score (nSPS) is 11.8. The maximum atomic E-state index is 12.1. The van der Waals surface area contributed by atoms with E-state index in [0.717, 1.165) is 0 Å². The first kappa shape index (κ1) is 12.5. The van der Waals surface area contributed by atoms with Crippen LogP contribution in [0.5, 0.6) is 5.75 Å². The fourth-order valence-corrected chi connectivity index (χ4v) is 1.54. The van der Waals surface area contributed by atoms with Gasteiger partial charge in [-0.3, -0.25) is 0 Å². The zero-order valence-corrected chi connectivity index (χ0v) is 9.88. The van der Waals surface area contributed by atoms with Crippen molar-refractivity contribution in [3.63, 3.8) is 0 Å². The van der Waals surface area contributed by atoms with E-state index in [1.165, 1.54) is 21.8 Å². The SMILES string of the molecule is BC(B)(O)c1ccc(Br)cc1OC(F)F. The topological polar surface area (TPSA) is 29.5 Å². The molecule has 0 bridgehead atoms. The van der Waals surface area contributed by atoms with Crippen LogP contribution in [-0.2, 0) is 5.40 Å². The average molecular weight is 277 g/mol. The highest BCUT2D eigenvalue weighted by molar-refractivity contribution is 9.10. The quantitative estimate of drug-likeness (QED) is 0.811. The second-order valence-corrected chi connectivity index (χ2v) is 4.49. The number of hydrogen-bond donors (Lipinski definition) is 1. The van der Waals surface area contributed by atoms with Crippen molar-refractivity contribution in [2.24, 2.45) is 0 Å². The molecule has 0 saturated heterocycles. The summed E-state index contributed by atoms with van der Waals surface area (Å²) < 4.78 is 29.1. The van der Waals surface area contributed by atoms with E-state index in [2.05, 4.69) is 20.7 Å². The third kappa shape index (κ3) is 3.50. The highest BCUT2D eigenvalue weighted by Crippen LogP contribution is 2.30. The van der Waals surface area contributed by atoms with Gasteiger partial charge in [0, 0.05) is 15.4 Å². The third-order valence-corrected chi connectivity index (χ3v) is 2.31.